The van der Waals surface area contributed by atoms with Crippen LogP contribution in [0.25, 0.3) is 11.2 Å². The molecule has 2 heterocycles. The summed E-state index contributed by atoms with van der Waals surface area (Å²) in [5, 5.41) is 2.45. The molecular weight excluding hydrogens is 348 g/mol. The standard InChI is InChI=1S/C16H15F2N5O3/c1-21-14-13(15(25)22(2)16(21)26)23(8-19-14)6-5-12(24)20-9-3-4-10(17)11(18)7-9/h3-4,7-8H,5-6H2,1-2H3,(H,20,24). The van der Waals surface area contributed by atoms with Crippen LogP contribution in [0.1, 0.15) is 6.42 Å². The van der Waals surface area contributed by atoms with Crippen molar-refractivity contribution in [2.75, 3.05) is 5.32 Å². The van der Waals surface area contributed by atoms with Crippen LogP contribution in [0.2, 0.25) is 0 Å². The van der Waals surface area contributed by atoms with Crippen LogP contribution in [0, 0.1) is 11.6 Å². The molecule has 2 aromatic heterocycles. The van der Waals surface area contributed by atoms with Gasteiger partial charge in [-0.15, -0.1) is 0 Å². The average molecular weight is 363 g/mol. The summed E-state index contributed by atoms with van der Waals surface area (Å²) in [6.45, 7) is 0.124. The van der Waals surface area contributed by atoms with Crippen molar-refractivity contribution < 1.29 is 13.6 Å². The number of hydrogen-bond acceptors (Lipinski definition) is 4. The normalized spacial score (nSPS) is 11.1. The highest BCUT2D eigenvalue weighted by atomic mass is 19.2. The lowest BCUT2D eigenvalue weighted by Gasteiger charge is -2.08. The largest absolute Gasteiger partial charge is 0.332 e. The number of nitrogens with zero attached hydrogens (tertiary/aromatic N) is 4. The number of imidazole rings is 1. The number of benzene rings is 1. The van der Waals surface area contributed by atoms with Gasteiger partial charge in [0, 0.05) is 38.8 Å². The maximum Gasteiger partial charge on any atom is 0.332 e. The molecule has 3 aromatic rings. The molecule has 0 fully saturated rings. The number of aryl methyl sites for hydroxylation is 2. The van der Waals surface area contributed by atoms with E-state index in [-0.39, 0.29) is 29.8 Å². The summed E-state index contributed by atoms with van der Waals surface area (Å²) in [5.74, 6) is -2.51. The third-order valence-corrected chi connectivity index (χ3v) is 4.00. The number of nitrogens with one attached hydrogen (secondary N) is 1. The van der Waals surface area contributed by atoms with Gasteiger partial charge in [0.25, 0.3) is 5.56 Å². The van der Waals surface area contributed by atoms with E-state index in [2.05, 4.69) is 10.3 Å². The number of carbonyl (C=O) groups excluding carboxylic acids is 1. The Balaban J connectivity index is 1.80. The van der Waals surface area contributed by atoms with Crippen molar-refractivity contribution in [2.24, 2.45) is 14.1 Å². The van der Waals surface area contributed by atoms with E-state index in [1.54, 1.807) is 0 Å². The van der Waals surface area contributed by atoms with E-state index in [4.69, 9.17) is 0 Å². The molecule has 0 spiro atoms. The fourth-order valence-corrected chi connectivity index (χ4v) is 2.59. The topological polar surface area (TPSA) is 90.9 Å². The van der Waals surface area contributed by atoms with Crippen LogP contribution >= 0.6 is 0 Å². The molecule has 1 N–H and O–H groups in total. The van der Waals surface area contributed by atoms with Crippen LogP contribution in [-0.2, 0) is 25.4 Å². The first-order chi connectivity index (χ1) is 12.3. The minimum atomic E-state index is -1.06. The number of carbonyl (C=O) groups is 1. The van der Waals surface area contributed by atoms with Gasteiger partial charge in [0.1, 0.15) is 0 Å². The van der Waals surface area contributed by atoms with Gasteiger partial charge in [-0.3, -0.25) is 18.7 Å². The zero-order valence-electron chi connectivity index (χ0n) is 14.0. The van der Waals surface area contributed by atoms with E-state index in [9.17, 15) is 23.2 Å². The summed E-state index contributed by atoms with van der Waals surface area (Å²) in [5.41, 5.74) is -0.456. The number of hydrogen-bond donors (Lipinski definition) is 1. The molecule has 0 aliphatic heterocycles. The summed E-state index contributed by atoms with van der Waals surface area (Å²) in [6.07, 6.45) is 1.34. The molecule has 0 aliphatic carbocycles. The highest BCUT2D eigenvalue weighted by molar-refractivity contribution is 5.90. The number of amides is 1. The molecule has 0 bridgehead atoms. The fourth-order valence-electron chi connectivity index (χ4n) is 2.59. The number of aromatic nitrogens is 4. The lowest BCUT2D eigenvalue weighted by Crippen LogP contribution is -2.37. The third-order valence-electron chi connectivity index (χ3n) is 4.00. The average Bonchev–Trinajstić information content (AvgIpc) is 3.03. The highest BCUT2D eigenvalue weighted by Gasteiger charge is 2.15. The number of anilines is 1. The Morgan fingerprint density at radius 2 is 1.88 bits per heavy atom. The monoisotopic (exact) mass is 363 g/mol. The van der Waals surface area contributed by atoms with Crippen molar-refractivity contribution in [3.8, 4) is 0 Å². The Morgan fingerprint density at radius 3 is 2.58 bits per heavy atom. The van der Waals surface area contributed by atoms with E-state index in [0.29, 0.717) is 0 Å². The Bertz CT molecular complexity index is 1130. The van der Waals surface area contributed by atoms with Gasteiger partial charge in [-0.25, -0.2) is 18.6 Å². The van der Waals surface area contributed by atoms with Crippen LogP contribution < -0.4 is 16.6 Å². The second-order valence-corrected chi connectivity index (χ2v) is 5.74. The first-order valence-corrected chi connectivity index (χ1v) is 7.65. The Labute approximate surface area is 145 Å². The van der Waals surface area contributed by atoms with Gasteiger partial charge in [-0.1, -0.05) is 0 Å². The minimum absolute atomic E-state index is 0.0313. The van der Waals surface area contributed by atoms with Crippen LogP contribution in [-0.4, -0.2) is 24.6 Å². The van der Waals surface area contributed by atoms with E-state index >= 15 is 0 Å². The molecule has 8 nitrogen and oxygen atoms in total. The van der Waals surface area contributed by atoms with Crippen molar-refractivity contribution in [1.29, 1.82) is 0 Å². The first kappa shape index (κ1) is 17.5. The first-order valence-electron chi connectivity index (χ1n) is 7.65. The third kappa shape index (κ3) is 3.01. The quantitative estimate of drug-likeness (QED) is 0.740. The van der Waals surface area contributed by atoms with Crippen LogP contribution in [0.5, 0.6) is 0 Å². The molecule has 136 valence electrons. The van der Waals surface area contributed by atoms with Gasteiger partial charge in [0.15, 0.2) is 22.8 Å². The van der Waals surface area contributed by atoms with Crippen molar-refractivity contribution >= 4 is 22.8 Å². The predicted molar refractivity (Wildman–Crippen MR) is 89.8 cm³/mol. The zero-order chi connectivity index (χ0) is 19.0. The number of fused-ring (bicyclic) bond motifs is 1. The molecule has 3 rings (SSSR count). The molecule has 10 heteroatoms. The SMILES string of the molecule is Cn1c(=O)c2c(ncn2CCC(=O)Nc2ccc(F)c(F)c2)n(C)c1=O. The van der Waals surface area contributed by atoms with Crippen molar-refractivity contribution in [3.05, 3.63) is 57.0 Å². The summed E-state index contributed by atoms with van der Waals surface area (Å²) in [7, 11) is 2.86. The van der Waals surface area contributed by atoms with E-state index in [0.717, 1.165) is 16.7 Å². The molecule has 0 aliphatic rings. The minimum Gasteiger partial charge on any atom is -0.326 e. The lowest BCUT2D eigenvalue weighted by atomic mass is 10.3. The molecular formula is C16H15F2N5O3. The maximum atomic E-state index is 13.2. The lowest BCUT2D eigenvalue weighted by molar-refractivity contribution is -0.116. The number of rotatable bonds is 4. The summed E-state index contributed by atoms with van der Waals surface area (Å²) in [6, 6.07) is 3.04. The van der Waals surface area contributed by atoms with Crippen molar-refractivity contribution in [3.63, 3.8) is 0 Å². The molecule has 0 saturated heterocycles. The Morgan fingerprint density at radius 1 is 1.15 bits per heavy atom. The smallest absolute Gasteiger partial charge is 0.326 e. The van der Waals surface area contributed by atoms with Crippen LogP contribution in [0.15, 0.2) is 34.1 Å². The molecule has 1 aromatic carbocycles. The number of halogens is 2. The highest BCUT2D eigenvalue weighted by Crippen LogP contribution is 2.13. The van der Waals surface area contributed by atoms with Gasteiger partial charge in [-0.2, -0.15) is 0 Å². The maximum absolute atomic E-state index is 13.2. The molecule has 0 radical (unpaired) electrons. The van der Waals surface area contributed by atoms with Crippen LogP contribution in [0.3, 0.4) is 0 Å². The van der Waals surface area contributed by atoms with Crippen LogP contribution in [0.4, 0.5) is 14.5 Å². The Hall–Kier alpha value is -3.30. The summed E-state index contributed by atoms with van der Waals surface area (Å²) >= 11 is 0. The van der Waals surface area contributed by atoms with Gasteiger partial charge >= 0.3 is 5.69 Å². The van der Waals surface area contributed by atoms with Gasteiger partial charge in [0.2, 0.25) is 5.91 Å². The molecule has 0 atom stereocenters. The Kier molecular flexibility index (Phi) is 4.41. The fraction of sp³-hybridized carbons (Fsp3) is 0.250. The van der Waals surface area contributed by atoms with E-state index < -0.39 is 28.8 Å². The second kappa shape index (κ2) is 6.54. The molecule has 1 amide bonds. The van der Waals surface area contributed by atoms with E-state index in [1.165, 1.54) is 35.6 Å². The summed E-state index contributed by atoms with van der Waals surface area (Å²) in [4.78, 5) is 40.3. The molecule has 26 heavy (non-hydrogen) atoms. The van der Waals surface area contributed by atoms with Gasteiger partial charge in [0.05, 0.1) is 6.33 Å². The molecule has 0 unspecified atom stereocenters. The van der Waals surface area contributed by atoms with Crippen molar-refractivity contribution in [1.82, 2.24) is 18.7 Å². The van der Waals surface area contributed by atoms with Gasteiger partial charge < -0.3 is 9.88 Å². The second-order valence-electron chi connectivity index (χ2n) is 5.74. The van der Waals surface area contributed by atoms with E-state index in [1.807, 2.05) is 0 Å². The zero-order valence-corrected chi connectivity index (χ0v) is 14.0. The van der Waals surface area contributed by atoms with Gasteiger partial charge in [-0.05, 0) is 12.1 Å². The predicted octanol–water partition coefficient (Wildman–Crippen LogP) is 0.741. The summed E-state index contributed by atoms with van der Waals surface area (Å²) < 4.78 is 29.7. The molecule has 0 saturated carbocycles. The van der Waals surface area contributed by atoms with Crippen molar-refractivity contribution in [2.45, 2.75) is 13.0 Å².